The number of piperidine rings is 1. The number of fused-ring (bicyclic) bond motifs is 1. The van der Waals surface area contributed by atoms with Crippen LogP contribution < -0.4 is 0 Å². The van der Waals surface area contributed by atoms with Crippen LogP contribution in [-0.4, -0.2) is 64.9 Å². The number of likely N-dealkylation sites (tertiary alicyclic amines) is 1. The molecule has 4 rings (SSSR count). The van der Waals surface area contributed by atoms with Gasteiger partial charge < -0.3 is 19.0 Å². The van der Waals surface area contributed by atoms with E-state index in [0.717, 1.165) is 12.8 Å². The fourth-order valence-corrected chi connectivity index (χ4v) is 3.63. The fourth-order valence-electron chi connectivity index (χ4n) is 3.63. The molecule has 142 valence electrons. The molecule has 1 unspecified atom stereocenters. The van der Waals surface area contributed by atoms with E-state index in [1.165, 1.54) is 4.90 Å². The molecule has 0 aliphatic carbocycles. The lowest BCUT2D eigenvalue weighted by atomic mass is 10.1. The Labute approximate surface area is 149 Å². The van der Waals surface area contributed by atoms with Crippen LogP contribution in [-0.2, 0) is 22.5 Å². The van der Waals surface area contributed by atoms with Crippen LogP contribution in [0.1, 0.15) is 47.8 Å². The first-order valence-corrected chi connectivity index (χ1v) is 8.99. The van der Waals surface area contributed by atoms with Gasteiger partial charge in [-0.2, -0.15) is 0 Å². The van der Waals surface area contributed by atoms with E-state index < -0.39 is 11.8 Å². The van der Waals surface area contributed by atoms with Gasteiger partial charge in [0.05, 0.1) is 6.54 Å². The zero-order chi connectivity index (χ0) is 18.3. The Kier molecular flexibility index (Phi) is 4.42. The molecule has 0 N–H and O–H groups in total. The molecule has 1 atom stereocenters. The van der Waals surface area contributed by atoms with Crippen LogP contribution in [0.15, 0.2) is 4.42 Å². The summed E-state index contributed by atoms with van der Waals surface area (Å²) in [5.74, 6) is -2.72. The van der Waals surface area contributed by atoms with Crippen molar-refractivity contribution in [1.82, 2.24) is 14.8 Å². The number of oxazole rings is 1. The van der Waals surface area contributed by atoms with Crippen LogP contribution in [0.2, 0.25) is 0 Å². The predicted octanol–water partition coefficient (Wildman–Crippen LogP) is 1.61. The highest BCUT2D eigenvalue weighted by atomic mass is 19.3. The van der Waals surface area contributed by atoms with Gasteiger partial charge in [0.2, 0.25) is 0 Å². The molecule has 2 amide bonds. The number of aromatic nitrogens is 1. The number of carbonyl (C=O) groups is 2. The molecule has 4 heterocycles. The van der Waals surface area contributed by atoms with Crippen LogP contribution in [0, 0.1) is 0 Å². The van der Waals surface area contributed by atoms with Gasteiger partial charge in [0.1, 0.15) is 17.6 Å². The smallest absolute Gasteiger partial charge is 0.309 e. The van der Waals surface area contributed by atoms with Crippen molar-refractivity contribution in [2.75, 3.05) is 26.2 Å². The molecule has 0 bridgehead atoms. The minimum absolute atomic E-state index is 0.0114. The Morgan fingerprint density at radius 3 is 2.62 bits per heavy atom. The van der Waals surface area contributed by atoms with Crippen molar-refractivity contribution in [2.24, 2.45) is 0 Å². The zero-order valence-electron chi connectivity index (χ0n) is 14.4. The maximum atomic E-state index is 13.3. The highest BCUT2D eigenvalue weighted by Crippen LogP contribution is 2.29. The largest absolute Gasteiger partial charge is 0.437 e. The first-order chi connectivity index (χ1) is 12.4. The quantitative estimate of drug-likeness (QED) is 0.792. The molecule has 0 radical (unpaired) electrons. The summed E-state index contributed by atoms with van der Waals surface area (Å²) < 4.78 is 37.5. The van der Waals surface area contributed by atoms with E-state index in [2.05, 4.69) is 4.98 Å². The summed E-state index contributed by atoms with van der Waals surface area (Å²) in [4.78, 5) is 32.2. The summed E-state index contributed by atoms with van der Waals surface area (Å²) in [6.45, 7) is 1.35. The number of amides is 2. The molecular formula is C17H21F2N3O4. The van der Waals surface area contributed by atoms with Crippen molar-refractivity contribution >= 4 is 11.8 Å². The number of alkyl halides is 2. The molecule has 3 aliphatic rings. The summed E-state index contributed by atoms with van der Waals surface area (Å²) in [5, 5.41) is 0. The molecule has 3 aliphatic heterocycles. The molecular weight excluding hydrogens is 348 g/mol. The average Bonchev–Trinajstić information content (AvgIpc) is 3.29. The molecule has 0 spiro atoms. The minimum atomic E-state index is -2.71. The van der Waals surface area contributed by atoms with Crippen LogP contribution in [0.25, 0.3) is 0 Å². The van der Waals surface area contributed by atoms with Gasteiger partial charge in [-0.25, -0.2) is 13.8 Å². The van der Waals surface area contributed by atoms with Gasteiger partial charge in [0, 0.05) is 45.5 Å². The lowest BCUT2D eigenvalue weighted by Crippen LogP contribution is -2.42. The number of hydrogen-bond acceptors (Lipinski definition) is 5. The molecule has 2 fully saturated rings. The first kappa shape index (κ1) is 17.4. The van der Waals surface area contributed by atoms with Crippen LogP contribution in [0.3, 0.4) is 0 Å². The van der Waals surface area contributed by atoms with Gasteiger partial charge >= 0.3 is 5.91 Å². The second kappa shape index (κ2) is 6.61. The lowest BCUT2D eigenvalue weighted by Gasteiger charge is -2.30. The van der Waals surface area contributed by atoms with Gasteiger partial charge in [0.15, 0.2) is 0 Å². The SMILES string of the molecule is O=C(c1nc2c(o1)CCN(C(=O)C1CCCO1)C2)N1CCC(F)(F)CC1. The summed E-state index contributed by atoms with van der Waals surface area (Å²) in [7, 11) is 0. The number of nitrogens with zero attached hydrogens (tertiary/aromatic N) is 3. The second-order valence-electron chi connectivity index (χ2n) is 7.05. The molecule has 2 saturated heterocycles. The van der Waals surface area contributed by atoms with Gasteiger partial charge in [-0.3, -0.25) is 9.59 Å². The van der Waals surface area contributed by atoms with E-state index in [0.29, 0.717) is 31.0 Å². The monoisotopic (exact) mass is 369 g/mol. The second-order valence-corrected chi connectivity index (χ2v) is 7.05. The van der Waals surface area contributed by atoms with E-state index >= 15 is 0 Å². The molecule has 26 heavy (non-hydrogen) atoms. The van der Waals surface area contributed by atoms with E-state index in [-0.39, 0.29) is 50.4 Å². The average molecular weight is 369 g/mol. The third-order valence-corrected chi connectivity index (χ3v) is 5.21. The molecule has 1 aromatic rings. The van der Waals surface area contributed by atoms with E-state index in [1.54, 1.807) is 4.90 Å². The van der Waals surface area contributed by atoms with Gasteiger partial charge in [-0.05, 0) is 12.8 Å². The maximum Gasteiger partial charge on any atom is 0.309 e. The Balaban J connectivity index is 1.42. The number of hydrogen-bond donors (Lipinski definition) is 0. The maximum absolute atomic E-state index is 13.3. The molecule has 0 saturated carbocycles. The number of rotatable bonds is 2. The highest BCUT2D eigenvalue weighted by molar-refractivity contribution is 5.90. The van der Waals surface area contributed by atoms with Crippen molar-refractivity contribution in [3.63, 3.8) is 0 Å². The van der Waals surface area contributed by atoms with Crippen LogP contribution >= 0.6 is 0 Å². The fraction of sp³-hybridized carbons (Fsp3) is 0.706. The zero-order valence-corrected chi connectivity index (χ0v) is 14.4. The number of ether oxygens (including phenoxy) is 1. The summed E-state index contributed by atoms with van der Waals surface area (Å²) in [6, 6.07) is 0. The Bertz CT molecular complexity index is 705. The first-order valence-electron chi connectivity index (χ1n) is 8.99. The van der Waals surface area contributed by atoms with E-state index in [1.807, 2.05) is 0 Å². The van der Waals surface area contributed by atoms with E-state index in [4.69, 9.17) is 9.15 Å². The van der Waals surface area contributed by atoms with Crippen LogP contribution in [0.4, 0.5) is 8.78 Å². The summed E-state index contributed by atoms with van der Waals surface area (Å²) >= 11 is 0. The Hall–Kier alpha value is -2.03. The van der Waals surface area contributed by atoms with E-state index in [9.17, 15) is 18.4 Å². The number of carbonyl (C=O) groups excluding carboxylic acids is 2. The van der Waals surface area contributed by atoms with Crippen molar-refractivity contribution in [2.45, 2.75) is 50.7 Å². The van der Waals surface area contributed by atoms with Crippen molar-refractivity contribution in [3.8, 4) is 0 Å². The predicted molar refractivity (Wildman–Crippen MR) is 84.7 cm³/mol. The summed E-state index contributed by atoms with van der Waals surface area (Å²) in [5.41, 5.74) is 0.563. The van der Waals surface area contributed by atoms with Gasteiger partial charge in [-0.15, -0.1) is 0 Å². The topological polar surface area (TPSA) is 75.9 Å². The molecule has 0 aromatic carbocycles. The molecule has 7 nitrogen and oxygen atoms in total. The minimum Gasteiger partial charge on any atom is -0.437 e. The lowest BCUT2D eigenvalue weighted by molar-refractivity contribution is -0.142. The van der Waals surface area contributed by atoms with Crippen molar-refractivity contribution in [1.29, 1.82) is 0 Å². The van der Waals surface area contributed by atoms with Crippen molar-refractivity contribution in [3.05, 3.63) is 17.3 Å². The third kappa shape index (κ3) is 3.32. The third-order valence-electron chi connectivity index (χ3n) is 5.21. The molecule has 9 heteroatoms. The normalized spacial score (nSPS) is 25.2. The Morgan fingerprint density at radius 2 is 1.92 bits per heavy atom. The van der Waals surface area contributed by atoms with Crippen molar-refractivity contribution < 1.29 is 27.5 Å². The standard InChI is InChI=1S/C17H21F2N3O4/c18-17(19)4-7-21(8-5-17)16(24)14-20-11-10-22(6-3-12(11)26-14)15(23)13-2-1-9-25-13/h13H,1-10H2. The summed E-state index contributed by atoms with van der Waals surface area (Å²) in [6.07, 6.45) is 1.01. The van der Waals surface area contributed by atoms with Gasteiger partial charge in [0.25, 0.3) is 17.7 Å². The molecule has 1 aromatic heterocycles. The van der Waals surface area contributed by atoms with Gasteiger partial charge in [-0.1, -0.05) is 0 Å². The van der Waals surface area contributed by atoms with Crippen LogP contribution in [0.5, 0.6) is 0 Å². The Morgan fingerprint density at radius 1 is 1.15 bits per heavy atom. The highest BCUT2D eigenvalue weighted by Gasteiger charge is 2.38. The number of halogens is 2.